The summed E-state index contributed by atoms with van der Waals surface area (Å²) in [5, 5.41) is 16.4. The van der Waals surface area contributed by atoms with E-state index in [1.54, 1.807) is 0 Å². The highest BCUT2D eigenvalue weighted by molar-refractivity contribution is 5.91. The Labute approximate surface area is 159 Å². The highest BCUT2D eigenvalue weighted by Gasteiger charge is 2.03. The maximum atomic E-state index is 8.42. The van der Waals surface area contributed by atoms with Crippen LogP contribution in [-0.4, -0.2) is 17.8 Å². The molecule has 0 heterocycles. The Kier molecular flexibility index (Phi) is 13.8. The molecule has 0 saturated heterocycles. The first-order valence-corrected chi connectivity index (χ1v) is 10.3. The van der Waals surface area contributed by atoms with Crippen LogP contribution in [0, 0.1) is 5.41 Å². The maximum absolute atomic E-state index is 8.42. The van der Waals surface area contributed by atoms with Gasteiger partial charge in [-0.2, -0.15) is 0 Å². The molecule has 0 bridgehead atoms. The molecule has 0 aliphatic rings. The van der Waals surface area contributed by atoms with E-state index in [-0.39, 0.29) is 12.5 Å². The van der Waals surface area contributed by atoms with Gasteiger partial charge in [-0.25, -0.2) is 4.89 Å². The molecule has 26 heavy (non-hydrogen) atoms. The fraction of sp³-hybridized carbons (Fsp3) is 0.682. The topological polar surface area (TPSA) is 62.5 Å². The van der Waals surface area contributed by atoms with E-state index < -0.39 is 0 Å². The maximum Gasteiger partial charge on any atom is 0.213 e. The number of rotatable bonds is 16. The van der Waals surface area contributed by atoms with Crippen molar-refractivity contribution in [3.63, 3.8) is 0 Å². The monoisotopic (exact) mass is 363 g/mol. The third-order valence-electron chi connectivity index (χ3n) is 4.69. The fourth-order valence-electron chi connectivity index (χ4n) is 3.03. The van der Waals surface area contributed by atoms with Crippen LogP contribution in [0.25, 0.3) is 0 Å². The van der Waals surface area contributed by atoms with Crippen molar-refractivity contribution in [2.45, 2.75) is 90.6 Å². The number of hydrogen-bond acceptors (Lipinski definition) is 4. The lowest BCUT2D eigenvalue weighted by atomic mass is 10.1. The second-order valence-electron chi connectivity index (χ2n) is 7.04. The number of unbranched alkanes of at least 4 members (excludes halogenated alkanes) is 11. The Morgan fingerprint density at radius 1 is 0.808 bits per heavy atom. The summed E-state index contributed by atoms with van der Waals surface area (Å²) in [7, 11) is 0. The number of benzene rings is 1. The number of nitrogens with one attached hydrogen (secondary N) is 1. The quantitative estimate of drug-likeness (QED) is 0.113. The molecule has 0 aliphatic heterocycles. The fourth-order valence-corrected chi connectivity index (χ4v) is 3.03. The molecule has 2 N–H and O–H groups in total. The molecular weight excluding hydrogens is 326 g/mol. The van der Waals surface area contributed by atoms with Gasteiger partial charge >= 0.3 is 0 Å². The SMILES string of the molecule is CCCCCCCCCCCCCCOC(=N)c1ccc(COO)cc1. The van der Waals surface area contributed by atoms with Gasteiger partial charge in [0.25, 0.3) is 0 Å². The van der Waals surface area contributed by atoms with Gasteiger partial charge in [0.05, 0.1) is 6.61 Å². The van der Waals surface area contributed by atoms with Crippen LogP contribution in [0.5, 0.6) is 0 Å². The average Bonchev–Trinajstić information content (AvgIpc) is 2.66. The molecule has 0 saturated carbocycles. The summed E-state index contributed by atoms with van der Waals surface area (Å²) < 4.78 is 5.52. The average molecular weight is 364 g/mol. The van der Waals surface area contributed by atoms with E-state index in [0.717, 1.165) is 17.5 Å². The van der Waals surface area contributed by atoms with Gasteiger partial charge in [-0.15, -0.1) is 0 Å². The Morgan fingerprint density at radius 2 is 1.31 bits per heavy atom. The zero-order valence-electron chi connectivity index (χ0n) is 16.5. The molecule has 148 valence electrons. The van der Waals surface area contributed by atoms with Crippen molar-refractivity contribution in [1.29, 1.82) is 5.41 Å². The molecule has 0 spiro atoms. The molecule has 1 aromatic rings. The third kappa shape index (κ3) is 11.3. The van der Waals surface area contributed by atoms with E-state index in [1.807, 2.05) is 24.3 Å². The van der Waals surface area contributed by atoms with Gasteiger partial charge in [0.1, 0.15) is 6.61 Å². The van der Waals surface area contributed by atoms with Crippen LogP contribution in [0.4, 0.5) is 0 Å². The second kappa shape index (κ2) is 15.8. The third-order valence-corrected chi connectivity index (χ3v) is 4.69. The molecule has 0 aliphatic carbocycles. The van der Waals surface area contributed by atoms with E-state index in [4.69, 9.17) is 15.4 Å². The zero-order valence-corrected chi connectivity index (χ0v) is 16.5. The smallest absolute Gasteiger partial charge is 0.213 e. The van der Waals surface area contributed by atoms with Crippen molar-refractivity contribution in [2.24, 2.45) is 0 Å². The van der Waals surface area contributed by atoms with Crippen LogP contribution < -0.4 is 0 Å². The molecule has 1 rings (SSSR count). The summed E-state index contributed by atoms with van der Waals surface area (Å²) in [6.45, 7) is 3.03. The lowest BCUT2D eigenvalue weighted by Gasteiger charge is -2.08. The van der Waals surface area contributed by atoms with Crippen LogP contribution in [0.3, 0.4) is 0 Å². The minimum Gasteiger partial charge on any atom is -0.478 e. The lowest BCUT2D eigenvalue weighted by molar-refractivity contribution is -0.253. The predicted octanol–water partition coefficient (Wildman–Crippen LogP) is 6.72. The number of hydrogen-bond donors (Lipinski definition) is 2. The molecule has 0 atom stereocenters. The van der Waals surface area contributed by atoms with E-state index >= 15 is 0 Å². The van der Waals surface area contributed by atoms with Gasteiger partial charge in [-0.1, -0.05) is 89.7 Å². The molecule has 0 aromatic heterocycles. The van der Waals surface area contributed by atoms with E-state index in [0.29, 0.717) is 6.61 Å². The first kappa shape index (κ1) is 22.7. The summed E-state index contributed by atoms with van der Waals surface area (Å²) in [6.07, 6.45) is 15.9. The Balaban J connectivity index is 1.93. The Morgan fingerprint density at radius 3 is 1.81 bits per heavy atom. The summed E-state index contributed by atoms with van der Waals surface area (Å²) >= 11 is 0. The molecule has 0 radical (unpaired) electrons. The lowest BCUT2D eigenvalue weighted by Crippen LogP contribution is -2.06. The van der Waals surface area contributed by atoms with Crippen molar-refractivity contribution in [3.8, 4) is 0 Å². The van der Waals surface area contributed by atoms with E-state index in [2.05, 4.69) is 11.8 Å². The minimum absolute atomic E-state index is 0.160. The first-order chi connectivity index (χ1) is 12.8. The summed E-state index contributed by atoms with van der Waals surface area (Å²) in [4.78, 5) is 4.10. The van der Waals surface area contributed by atoms with Crippen molar-refractivity contribution in [2.75, 3.05) is 6.61 Å². The zero-order chi connectivity index (χ0) is 18.9. The molecule has 4 nitrogen and oxygen atoms in total. The minimum atomic E-state index is 0.160. The molecule has 0 fully saturated rings. The van der Waals surface area contributed by atoms with Crippen molar-refractivity contribution in [1.82, 2.24) is 0 Å². The van der Waals surface area contributed by atoms with Gasteiger partial charge in [-0.3, -0.25) is 10.7 Å². The molecule has 1 aromatic carbocycles. The van der Waals surface area contributed by atoms with Gasteiger partial charge in [-0.05, 0) is 24.1 Å². The van der Waals surface area contributed by atoms with E-state index in [1.165, 1.54) is 70.6 Å². The first-order valence-electron chi connectivity index (χ1n) is 10.3. The van der Waals surface area contributed by atoms with Crippen LogP contribution in [-0.2, 0) is 16.2 Å². The molecular formula is C22H37NO3. The van der Waals surface area contributed by atoms with Crippen molar-refractivity contribution >= 4 is 5.90 Å². The van der Waals surface area contributed by atoms with Gasteiger partial charge in [0, 0.05) is 5.56 Å². The van der Waals surface area contributed by atoms with Gasteiger partial charge < -0.3 is 4.74 Å². The molecule has 0 unspecified atom stereocenters. The normalized spacial score (nSPS) is 10.8. The predicted molar refractivity (Wildman–Crippen MR) is 108 cm³/mol. The van der Waals surface area contributed by atoms with Crippen LogP contribution >= 0.6 is 0 Å². The van der Waals surface area contributed by atoms with Gasteiger partial charge in [0.2, 0.25) is 5.90 Å². The highest BCUT2D eigenvalue weighted by Crippen LogP contribution is 2.12. The van der Waals surface area contributed by atoms with Crippen molar-refractivity contribution < 1.29 is 14.9 Å². The van der Waals surface area contributed by atoms with Crippen molar-refractivity contribution in [3.05, 3.63) is 35.4 Å². The van der Waals surface area contributed by atoms with Crippen LogP contribution in [0.1, 0.15) is 95.1 Å². The molecule has 4 heteroatoms. The van der Waals surface area contributed by atoms with Gasteiger partial charge in [0.15, 0.2) is 0 Å². The summed E-state index contributed by atoms with van der Waals surface area (Å²) in [6, 6.07) is 7.29. The molecule has 0 amide bonds. The van der Waals surface area contributed by atoms with E-state index in [9.17, 15) is 0 Å². The standard InChI is InChI=1S/C22H37NO3/c1-2-3-4-5-6-7-8-9-10-11-12-13-18-25-22(23)21-16-14-20(15-17-21)19-26-24/h14-17,23-24H,2-13,18-19H2,1H3. The largest absolute Gasteiger partial charge is 0.478 e. The Bertz CT molecular complexity index is 459. The Hall–Kier alpha value is -1.39. The van der Waals surface area contributed by atoms with Crippen LogP contribution in [0.2, 0.25) is 0 Å². The highest BCUT2D eigenvalue weighted by atomic mass is 17.1. The summed E-state index contributed by atoms with van der Waals surface area (Å²) in [5.41, 5.74) is 1.62. The summed E-state index contributed by atoms with van der Waals surface area (Å²) in [5.74, 6) is 0.213. The van der Waals surface area contributed by atoms with Crippen LogP contribution in [0.15, 0.2) is 24.3 Å². The number of ether oxygens (including phenoxy) is 1. The second-order valence-corrected chi connectivity index (χ2v) is 7.04.